The van der Waals surface area contributed by atoms with Gasteiger partial charge in [0, 0.05) is 33.5 Å². The van der Waals surface area contributed by atoms with Crippen molar-refractivity contribution in [1.29, 1.82) is 0 Å². The highest BCUT2D eigenvalue weighted by atomic mass is 19.1. The Morgan fingerprint density at radius 3 is 1.20 bits per heavy atom. The van der Waals surface area contributed by atoms with Crippen LogP contribution >= 0.6 is 0 Å². The summed E-state index contributed by atoms with van der Waals surface area (Å²) < 4.78 is 16.1. The van der Waals surface area contributed by atoms with Gasteiger partial charge in [0.25, 0.3) is 0 Å². The third-order valence-electron chi connectivity index (χ3n) is 10.7. The van der Waals surface area contributed by atoms with E-state index in [1.165, 1.54) is 61.4 Å². The highest BCUT2D eigenvalue weighted by Gasteiger charge is 2.17. The molecule has 0 aliphatic rings. The van der Waals surface area contributed by atoms with Crippen LogP contribution in [0.1, 0.15) is 0 Å². The molecule has 0 amide bonds. The minimum absolute atomic E-state index is 0.237. The predicted molar refractivity (Wildman–Crippen MR) is 229 cm³/mol. The predicted octanol–water partition coefficient (Wildman–Crippen LogP) is 14.5. The Kier molecular flexibility index (Phi) is 8.04. The van der Waals surface area contributed by atoms with E-state index in [9.17, 15) is 4.39 Å². The zero-order chi connectivity index (χ0) is 36.7. The van der Waals surface area contributed by atoms with Gasteiger partial charge in [-0.2, -0.15) is 0 Å². The Morgan fingerprint density at radius 2 is 0.691 bits per heavy atom. The molecule has 3 heteroatoms. The average Bonchev–Trinajstić information content (AvgIpc) is 3.59. The number of fused-ring (bicyclic) bond motifs is 4. The van der Waals surface area contributed by atoms with E-state index in [-0.39, 0.29) is 5.82 Å². The molecule has 2 nitrogen and oxygen atoms in total. The second-order valence-corrected chi connectivity index (χ2v) is 13.9. The van der Waals surface area contributed by atoms with Gasteiger partial charge in [-0.15, -0.1) is 0 Å². The molecule has 0 saturated heterocycles. The Labute approximate surface area is 319 Å². The summed E-state index contributed by atoms with van der Waals surface area (Å²) in [5, 5.41) is 4.95. The third-order valence-corrected chi connectivity index (χ3v) is 10.7. The first-order chi connectivity index (χ1) is 27.2. The summed E-state index contributed by atoms with van der Waals surface area (Å²) in [6, 6.07) is 73.8. The molecule has 10 aromatic rings. The van der Waals surface area contributed by atoms with Crippen LogP contribution in [0.4, 0.5) is 21.5 Å². The molecule has 0 unspecified atom stereocenters. The summed E-state index contributed by atoms with van der Waals surface area (Å²) >= 11 is 0. The van der Waals surface area contributed by atoms with Crippen LogP contribution in [0.3, 0.4) is 0 Å². The normalized spacial score (nSPS) is 11.4. The topological polar surface area (TPSA) is 8.17 Å². The molecular weight excluding hydrogens is 672 g/mol. The standard InChI is InChI=1S/C52H35FN2/c53-40-24-18-36(19-25-40)37-20-26-41(27-21-37)54(43-30-32-44(33-31-43)55-51-16-8-6-14-49(51)50-15-7-9-17-52(50)55)42-28-22-39(23-29-42)46-35-34-45(38-10-2-1-3-11-38)47-12-4-5-13-48(46)47/h1-35H. The first-order valence-corrected chi connectivity index (χ1v) is 18.6. The van der Waals surface area contributed by atoms with Crippen molar-refractivity contribution in [2.75, 3.05) is 4.90 Å². The Balaban J connectivity index is 1.06. The van der Waals surface area contributed by atoms with Gasteiger partial charge in [0.1, 0.15) is 5.82 Å². The lowest BCUT2D eigenvalue weighted by Crippen LogP contribution is -2.10. The molecule has 0 radical (unpaired) electrons. The molecule has 10 rings (SSSR count). The van der Waals surface area contributed by atoms with Crippen LogP contribution in [0.25, 0.3) is 71.6 Å². The summed E-state index contributed by atoms with van der Waals surface area (Å²) in [4.78, 5) is 2.30. The van der Waals surface area contributed by atoms with Crippen molar-refractivity contribution in [2.45, 2.75) is 0 Å². The van der Waals surface area contributed by atoms with E-state index in [4.69, 9.17) is 0 Å². The summed E-state index contributed by atoms with van der Waals surface area (Å²) in [6.07, 6.45) is 0. The molecule has 0 atom stereocenters. The van der Waals surface area contributed by atoms with Crippen LogP contribution in [0.5, 0.6) is 0 Å². The number of rotatable bonds is 7. The molecule has 0 aliphatic carbocycles. The second-order valence-electron chi connectivity index (χ2n) is 13.9. The lowest BCUT2D eigenvalue weighted by molar-refractivity contribution is 0.628. The molecule has 0 bridgehead atoms. The molecule has 9 aromatic carbocycles. The van der Waals surface area contributed by atoms with Gasteiger partial charge >= 0.3 is 0 Å². The van der Waals surface area contributed by atoms with Gasteiger partial charge in [0.2, 0.25) is 0 Å². The first kappa shape index (κ1) is 32.4. The number of benzene rings is 9. The average molecular weight is 707 g/mol. The zero-order valence-corrected chi connectivity index (χ0v) is 30.0. The third kappa shape index (κ3) is 5.83. The smallest absolute Gasteiger partial charge is 0.123 e. The van der Waals surface area contributed by atoms with Gasteiger partial charge in [-0.25, -0.2) is 4.39 Å². The van der Waals surface area contributed by atoms with Crippen LogP contribution in [0.15, 0.2) is 212 Å². The van der Waals surface area contributed by atoms with Gasteiger partial charge in [0.05, 0.1) is 11.0 Å². The van der Waals surface area contributed by atoms with Gasteiger partial charge in [-0.05, 0) is 117 Å². The summed E-state index contributed by atoms with van der Waals surface area (Å²) in [6.45, 7) is 0. The number of anilines is 3. The fraction of sp³-hybridized carbons (Fsp3) is 0. The maximum atomic E-state index is 13.7. The molecule has 0 fully saturated rings. The number of hydrogen-bond acceptors (Lipinski definition) is 1. The molecular formula is C52H35FN2. The number of nitrogens with zero attached hydrogens (tertiary/aromatic N) is 2. The monoisotopic (exact) mass is 706 g/mol. The van der Waals surface area contributed by atoms with Crippen molar-refractivity contribution in [3.63, 3.8) is 0 Å². The minimum Gasteiger partial charge on any atom is -0.311 e. The van der Waals surface area contributed by atoms with E-state index in [1.807, 2.05) is 12.1 Å². The molecule has 0 spiro atoms. The molecule has 55 heavy (non-hydrogen) atoms. The van der Waals surface area contributed by atoms with E-state index in [1.54, 1.807) is 0 Å². The van der Waals surface area contributed by atoms with Crippen molar-refractivity contribution < 1.29 is 4.39 Å². The van der Waals surface area contributed by atoms with Crippen molar-refractivity contribution in [3.05, 3.63) is 218 Å². The van der Waals surface area contributed by atoms with Crippen LogP contribution in [-0.2, 0) is 0 Å². The Hall–Kier alpha value is -7.23. The van der Waals surface area contributed by atoms with E-state index in [0.717, 1.165) is 39.4 Å². The Morgan fingerprint density at radius 1 is 0.309 bits per heavy atom. The SMILES string of the molecule is Fc1ccc(-c2ccc(N(c3ccc(-c4ccc(-c5ccccc5)c5ccccc45)cc3)c3ccc(-n4c5ccccc5c5ccccc54)cc3)cc2)cc1. The lowest BCUT2D eigenvalue weighted by atomic mass is 9.92. The fourth-order valence-electron chi connectivity index (χ4n) is 8.05. The quantitative estimate of drug-likeness (QED) is 0.160. The zero-order valence-electron chi connectivity index (χ0n) is 30.0. The van der Waals surface area contributed by atoms with Gasteiger partial charge in [0.15, 0.2) is 0 Å². The highest BCUT2D eigenvalue weighted by Crippen LogP contribution is 2.40. The van der Waals surface area contributed by atoms with Crippen LogP contribution in [0, 0.1) is 5.82 Å². The van der Waals surface area contributed by atoms with Crippen LogP contribution in [0.2, 0.25) is 0 Å². The maximum Gasteiger partial charge on any atom is 0.123 e. The van der Waals surface area contributed by atoms with Crippen molar-refractivity contribution in [1.82, 2.24) is 4.57 Å². The maximum absolute atomic E-state index is 13.7. The van der Waals surface area contributed by atoms with E-state index in [0.29, 0.717) is 0 Å². The number of para-hydroxylation sites is 2. The van der Waals surface area contributed by atoms with E-state index < -0.39 is 0 Å². The molecule has 0 aliphatic heterocycles. The highest BCUT2D eigenvalue weighted by molar-refractivity contribution is 6.09. The summed E-state index contributed by atoms with van der Waals surface area (Å²) in [7, 11) is 0. The molecule has 1 heterocycles. The molecule has 1 aromatic heterocycles. The second kappa shape index (κ2) is 13.6. The summed E-state index contributed by atoms with van der Waals surface area (Å²) in [5.41, 5.74) is 13.4. The first-order valence-electron chi connectivity index (χ1n) is 18.6. The number of halogens is 1. The molecule has 260 valence electrons. The van der Waals surface area contributed by atoms with Gasteiger partial charge in [-0.3, -0.25) is 0 Å². The fourth-order valence-corrected chi connectivity index (χ4v) is 8.05. The van der Waals surface area contributed by atoms with Gasteiger partial charge in [-0.1, -0.05) is 140 Å². The number of aromatic nitrogens is 1. The Bertz CT molecular complexity index is 2890. The lowest BCUT2D eigenvalue weighted by Gasteiger charge is -2.26. The molecule has 0 saturated carbocycles. The van der Waals surface area contributed by atoms with Crippen molar-refractivity contribution in [3.8, 4) is 39.1 Å². The van der Waals surface area contributed by atoms with Crippen molar-refractivity contribution in [2.24, 2.45) is 0 Å². The molecule has 0 N–H and O–H groups in total. The minimum atomic E-state index is -0.237. The van der Waals surface area contributed by atoms with Crippen LogP contribution < -0.4 is 4.90 Å². The van der Waals surface area contributed by atoms with Crippen LogP contribution in [-0.4, -0.2) is 4.57 Å². The summed E-state index contributed by atoms with van der Waals surface area (Å²) in [5.74, 6) is -0.237. The van der Waals surface area contributed by atoms with E-state index in [2.05, 4.69) is 198 Å². The number of hydrogen-bond donors (Lipinski definition) is 0. The largest absolute Gasteiger partial charge is 0.311 e. The van der Waals surface area contributed by atoms with Crippen molar-refractivity contribution >= 4 is 49.6 Å². The van der Waals surface area contributed by atoms with Gasteiger partial charge < -0.3 is 9.47 Å². The van der Waals surface area contributed by atoms with E-state index >= 15 is 0 Å².